The van der Waals surface area contributed by atoms with Crippen LogP contribution in [0, 0.1) is 0 Å². The summed E-state index contributed by atoms with van der Waals surface area (Å²) in [6, 6.07) is 0. The topological polar surface area (TPSA) is 27.7 Å². The molecule has 1 unspecified atom stereocenters. The number of hydrogen-bond acceptors (Lipinski definition) is 3. The van der Waals surface area contributed by atoms with Crippen LogP contribution in [0.15, 0.2) is 0 Å². The molecule has 0 spiro atoms. The molecule has 0 amide bonds. The largest absolute Gasteiger partial charge is 0.328 e. The summed E-state index contributed by atoms with van der Waals surface area (Å²) in [4.78, 5) is 0. The first-order chi connectivity index (χ1) is 5.54. The molecule has 0 radical (unpaired) electrons. The van der Waals surface area contributed by atoms with E-state index < -0.39 is 11.6 Å². The number of halogens is 1. The van der Waals surface area contributed by atoms with Gasteiger partial charge in [0.1, 0.15) is 5.60 Å². The minimum atomic E-state index is -0.904. The molecule has 1 fully saturated rings. The maximum Gasteiger partial charge on any atom is 0.280 e. The number of hydrogen-bond donors (Lipinski definition) is 0. The molecule has 0 aromatic rings. The second kappa shape index (κ2) is 3.50. The van der Waals surface area contributed by atoms with Gasteiger partial charge in [0.05, 0.1) is 12.5 Å². The summed E-state index contributed by atoms with van der Waals surface area (Å²) in [5, 5.41) is 0. The third-order valence-corrected chi connectivity index (χ3v) is 2.33. The summed E-state index contributed by atoms with van der Waals surface area (Å²) in [6.45, 7) is 6.61. The molecule has 0 saturated carbocycles. The molecule has 0 bridgehead atoms. The summed E-state index contributed by atoms with van der Waals surface area (Å²) in [5.41, 5.74) is -0.411. The molecule has 0 aliphatic carbocycles. The predicted octanol–water partition coefficient (Wildman–Crippen LogP) is 1.74. The Hall–Kier alpha value is 0.170. The van der Waals surface area contributed by atoms with Crippen LogP contribution in [0.5, 0.6) is 0 Å². The monoisotopic (exact) mass is 194 g/mol. The van der Waals surface area contributed by atoms with Gasteiger partial charge in [-0.05, 0) is 13.8 Å². The fraction of sp³-hybridized carbons (Fsp3) is 1.00. The van der Waals surface area contributed by atoms with Crippen LogP contribution in [0.25, 0.3) is 0 Å². The third-order valence-electron chi connectivity index (χ3n) is 1.76. The first kappa shape index (κ1) is 10.3. The van der Waals surface area contributed by atoms with Gasteiger partial charge in [-0.25, -0.2) is 0 Å². The molecule has 0 aromatic heterocycles. The third kappa shape index (κ3) is 2.10. The van der Waals surface area contributed by atoms with E-state index in [1.165, 1.54) is 0 Å². The Bertz CT molecular complexity index is 164. The van der Waals surface area contributed by atoms with Gasteiger partial charge in [0.25, 0.3) is 5.97 Å². The first-order valence-electron chi connectivity index (χ1n) is 4.08. The fourth-order valence-corrected chi connectivity index (χ4v) is 1.32. The molecule has 12 heavy (non-hydrogen) atoms. The standard InChI is InChI=1S/C8H15ClO3/c1-4-10-8(3)11-6-7(2,5-9)12-8/h4-6H2,1-3H3/t7-,8?/m0/s1. The second-order valence-corrected chi connectivity index (χ2v) is 3.54. The lowest BCUT2D eigenvalue weighted by Crippen LogP contribution is -2.35. The van der Waals surface area contributed by atoms with Gasteiger partial charge in [0, 0.05) is 13.5 Å². The number of ether oxygens (including phenoxy) is 3. The Morgan fingerprint density at radius 1 is 1.50 bits per heavy atom. The zero-order valence-electron chi connectivity index (χ0n) is 7.72. The van der Waals surface area contributed by atoms with Crippen molar-refractivity contribution in [3.63, 3.8) is 0 Å². The van der Waals surface area contributed by atoms with E-state index in [0.29, 0.717) is 19.1 Å². The average Bonchev–Trinajstić information content (AvgIpc) is 2.30. The normalized spacial score (nSPS) is 42.0. The molecule has 1 rings (SSSR count). The average molecular weight is 195 g/mol. The summed E-state index contributed by atoms with van der Waals surface area (Å²) in [6.07, 6.45) is 0. The lowest BCUT2D eigenvalue weighted by molar-refractivity contribution is -0.330. The Balaban J connectivity index is 2.53. The van der Waals surface area contributed by atoms with E-state index in [1.54, 1.807) is 6.92 Å². The smallest absolute Gasteiger partial charge is 0.280 e. The van der Waals surface area contributed by atoms with Crippen LogP contribution in [-0.4, -0.2) is 30.7 Å². The highest BCUT2D eigenvalue weighted by molar-refractivity contribution is 6.18. The quantitative estimate of drug-likeness (QED) is 0.641. The summed E-state index contributed by atoms with van der Waals surface area (Å²) in [7, 11) is 0. The fourth-order valence-electron chi connectivity index (χ4n) is 1.19. The summed E-state index contributed by atoms with van der Waals surface area (Å²) in [5.74, 6) is -0.492. The van der Waals surface area contributed by atoms with Gasteiger partial charge < -0.3 is 14.2 Å². The van der Waals surface area contributed by atoms with Crippen molar-refractivity contribution in [3.05, 3.63) is 0 Å². The molecular formula is C8H15ClO3. The van der Waals surface area contributed by atoms with E-state index in [9.17, 15) is 0 Å². The van der Waals surface area contributed by atoms with E-state index in [4.69, 9.17) is 25.8 Å². The second-order valence-electron chi connectivity index (χ2n) is 3.27. The van der Waals surface area contributed by atoms with E-state index in [-0.39, 0.29) is 0 Å². The van der Waals surface area contributed by atoms with Crippen molar-refractivity contribution in [2.75, 3.05) is 19.1 Å². The van der Waals surface area contributed by atoms with Crippen LogP contribution in [0.2, 0.25) is 0 Å². The van der Waals surface area contributed by atoms with Crippen LogP contribution in [0.3, 0.4) is 0 Å². The molecule has 1 aliphatic heterocycles. The molecule has 4 heteroatoms. The molecule has 1 aliphatic rings. The minimum absolute atomic E-state index is 0.411. The first-order valence-corrected chi connectivity index (χ1v) is 4.61. The summed E-state index contributed by atoms with van der Waals surface area (Å²) >= 11 is 5.72. The van der Waals surface area contributed by atoms with Gasteiger partial charge in [-0.3, -0.25) is 0 Å². The van der Waals surface area contributed by atoms with E-state index in [2.05, 4.69) is 0 Å². The predicted molar refractivity (Wildman–Crippen MR) is 46.2 cm³/mol. The maximum absolute atomic E-state index is 5.72. The minimum Gasteiger partial charge on any atom is -0.328 e. The molecule has 72 valence electrons. The van der Waals surface area contributed by atoms with E-state index in [1.807, 2.05) is 13.8 Å². The molecule has 3 nitrogen and oxygen atoms in total. The van der Waals surface area contributed by atoms with Crippen molar-refractivity contribution in [2.24, 2.45) is 0 Å². The van der Waals surface area contributed by atoms with Crippen LogP contribution in [0.1, 0.15) is 20.8 Å². The Kier molecular flexibility index (Phi) is 2.99. The van der Waals surface area contributed by atoms with Gasteiger partial charge in [0.15, 0.2) is 0 Å². The van der Waals surface area contributed by atoms with Gasteiger partial charge in [-0.1, -0.05) is 0 Å². The van der Waals surface area contributed by atoms with Gasteiger partial charge >= 0.3 is 0 Å². The van der Waals surface area contributed by atoms with E-state index >= 15 is 0 Å². The van der Waals surface area contributed by atoms with Crippen LogP contribution < -0.4 is 0 Å². The molecular weight excluding hydrogens is 180 g/mol. The van der Waals surface area contributed by atoms with Crippen molar-refractivity contribution in [2.45, 2.75) is 32.3 Å². The van der Waals surface area contributed by atoms with Crippen molar-refractivity contribution in [1.82, 2.24) is 0 Å². The molecule has 1 saturated heterocycles. The number of alkyl halides is 1. The Labute approximate surface area is 77.9 Å². The van der Waals surface area contributed by atoms with Gasteiger partial charge in [-0.2, -0.15) is 0 Å². The molecule has 2 atom stereocenters. The Morgan fingerprint density at radius 3 is 2.58 bits per heavy atom. The molecule has 0 aromatic carbocycles. The maximum atomic E-state index is 5.72. The SMILES string of the molecule is CCOC1(C)OC[C@](C)(CCl)O1. The highest BCUT2D eigenvalue weighted by Crippen LogP contribution is 2.32. The lowest BCUT2D eigenvalue weighted by Gasteiger charge is -2.25. The zero-order valence-corrected chi connectivity index (χ0v) is 8.48. The molecule has 0 N–H and O–H groups in total. The van der Waals surface area contributed by atoms with Crippen LogP contribution in [-0.2, 0) is 14.2 Å². The van der Waals surface area contributed by atoms with Crippen molar-refractivity contribution < 1.29 is 14.2 Å². The van der Waals surface area contributed by atoms with Crippen LogP contribution >= 0.6 is 11.6 Å². The highest BCUT2D eigenvalue weighted by Gasteiger charge is 2.45. The van der Waals surface area contributed by atoms with Crippen molar-refractivity contribution in [1.29, 1.82) is 0 Å². The number of rotatable bonds is 3. The molecule has 1 heterocycles. The van der Waals surface area contributed by atoms with Gasteiger partial charge in [-0.15, -0.1) is 11.6 Å². The van der Waals surface area contributed by atoms with Crippen molar-refractivity contribution >= 4 is 11.6 Å². The Morgan fingerprint density at radius 2 is 2.17 bits per heavy atom. The lowest BCUT2D eigenvalue weighted by atomic mass is 10.2. The zero-order chi connectivity index (χ0) is 9.24. The highest BCUT2D eigenvalue weighted by atomic mass is 35.5. The van der Waals surface area contributed by atoms with E-state index in [0.717, 1.165) is 0 Å². The van der Waals surface area contributed by atoms with Gasteiger partial charge in [0.2, 0.25) is 0 Å². The van der Waals surface area contributed by atoms with Crippen LogP contribution in [0.4, 0.5) is 0 Å². The summed E-state index contributed by atoms with van der Waals surface area (Å²) < 4.78 is 16.2. The van der Waals surface area contributed by atoms with Crippen molar-refractivity contribution in [3.8, 4) is 0 Å².